The van der Waals surface area contributed by atoms with Crippen LogP contribution >= 0.6 is 15.9 Å². The smallest absolute Gasteiger partial charge is 0.339 e. The molecule has 1 amide bonds. The number of nitrogens with zero attached hydrogens (tertiary/aromatic N) is 1. The number of rotatable bonds is 4. The molecule has 1 aliphatic rings. The molecule has 1 fully saturated rings. The highest BCUT2D eigenvalue weighted by atomic mass is 79.9. The SMILES string of the molecule is O=C(OC[C@H]1CC(=O)N(c2ccccc2)C1)c1cccc(F)c1Br. The summed E-state index contributed by atoms with van der Waals surface area (Å²) in [4.78, 5) is 25.9. The fourth-order valence-corrected chi connectivity index (χ4v) is 3.11. The Bertz CT molecular complexity index is 766. The molecule has 0 saturated carbocycles. The number of carbonyl (C=O) groups is 2. The first-order valence-electron chi connectivity index (χ1n) is 7.53. The minimum atomic E-state index is -0.605. The maximum Gasteiger partial charge on any atom is 0.339 e. The van der Waals surface area contributed by atoms with E-state index in [4.69, 9.17) is 4.74 Å². The first-order chi connectivity index (χ1) is 11.6. The Morgan fingerprint density at radius 3 is 2.71 bits per heavy atom. The van der Waals surface area contributed by atoms with Crippen LogP contribution in [0.15, 0.2) is 53.0 Å². The van der Waals surface area contributed by atoms with Crippen molar-refractivity contribution in [3.63, 3.8) is 0 Å². The first-order valence-corrected chi connectivity index (χ1v) is 8.32. The Labute approximate surface area is 147 Å². The lowest BCUT2D eigenvalue weighted by Crippen LogP contribution is -2.25. The van der Waals surface area contributed by atoms with Gasteiger partial charge in [0.1, 0.15) is 5.82 Å². The fraction of sp³-hybridized carbons (Fsp3) is 0.222. The van der Waals surface area contributed by atoms with Crippen LogP contribution in [0, 0.1) is 11.7 Å². The molecule has 1 saturated heterocycles. The van der Waals surface area contributed by atoms with Crippen LogP contribution in [-0.4, -0.2) is 25.0 Å². The monoisotopic (exact) mass is 391 g/mol. The van der Waals surface area contributed by atoms with E-state index in [0.29, 0.717) is 13.0 Å². The summed E-state index contributed by atoms with van der Waals surface area (Å²) in [6.45, 7) is 0.622. The Kier molecular flexibility index (Phi) is 4.94. The Morgan fingerprint density at radius 2 is 1.96 bits per heavy atom. The number of hydrogen-bond donors (Lipinski definition) is 0. The quantitative estimate of drug-likeness (QED) is 0.744. The van der Waals surface area contributed by atoms with Gasteiger partial charge in [-0.2, -0.15) is 0 Å². The van der Waals surface area contributed by atoms with Crippen molar-refractivity contribution >= 4 is 33.5 Å². The van der Waals surface area contributed by atoms with Gasteiger partial charge in [0.15, 0.2) is 0 Å². The molecule has 2 aromatic rings. The maximum absolute atomic E-state index is 13.5. The second-order valence-electron chi connectivity index (χ2n) is 5.61. The third-order valence-electron chi connectivity index (χ3n) is 3.89. The van der Waals surface area contributed by atoms with Gasteiger partial charge in [-0.05, 0) is 40.2 Å². The zero-order chi connectivity index (χ0) is 17.1. The lowest BCUT2D eigenvalue weighted by Gasteiger charge is -2.16. The summed E-state index contributed by atoms with van der Waals surface area (Å²) in [5, 5.41) is 0. The number of carbonyl (C=O) groups excluding carboxylic acids is 2. The van der Waals surface area contributed by atoms with Gasteiger partial charge in [-0.15, -0.1) is 0 Å². The van der Waals surface area contributed by atoms with E-state index in [1.165, 1.54) is 18.2 Å². The van der Waals surface area contributed by atoms with Crippen LogP contribution < -0.4 is 4.90 Å². The van der Waals surface area contributed by atoms with E-state index in [1.54, 1.807) is 4.90 Å². The van der Waals surface area contributed by atoms with Crippen molar-refractivity contribution in [2.75, 3.05) is 18.1 Å². The van der Waals surface area contributed by atoms with E-state index < -0.39 is 11.8 Å². The molecule has 0 unspecified atom stereocenters. The van der Waals surface area contributed by atoms with Gasteiger partial charge in [0.05, 0.1) is 16.6 Å². The number of benzene rings is 2. The van der Waals surface area contributed by atoms with Crippen LogP contribution in [0.5, 0.6) is 0 Å². The summed E-state index contributed by atoms with van der Waals surface area (Å²) in [5.41, 5.74) is 0.975. The van der Waals surface area contributed by atoms with Crippen molar-refractivity contribution < 1.29 is 18.7 Å². The van der Waals surface area contributed by atoms with Gasteiger partial charge in [0, 0.05) is 24.6 Å². The predicted molar refractivity (Wildman–Crippen MR) is 91.3 cm³/mol. The number of para-hydroxylation sites is 1. The maximum atomic E-state index is 13.5. The number of anilines is 1. The Hall–Kier alpha value is -2.21. The number of halogens is 2. The molecule has 3 rings (SSSR count). The van der Waals surface area contributed by atoms with E-state index in [0.717, 1.165) is 5.69 Å². The molecule has 0 bridgehead atoms. The topological polar surface area (TPSA) is 46.6 Å². The standard InChI is InChI=1S/C18H15BrFNO3/c19-17-14(7-4-8-15(17)20)18(23)24-11-12-9-16(22)21(10-12)13-5-2-1-3-6-13/h1-8,12H,9-11H2/t12-/m0/s1. The van der Waals surface area contributed by atoms with E-state index >= 15 is 0 Å². The van der Waals surface area contributed by atoms with Gasteiger partial charge in [0.2, 0.25) is 5.91 Å². The van der Waals surface area contributed by atoms with Crippen LogP contribution in [0.1, 0.15) is 16.8 Å². The summed E-state index contributed by atoms with van der Waals surface area (Å²) in [7, 11) is 0. The molecule has 0 radical (unpaired) electrons. The van der Waals surface area contributed by atoms with Gasteiger partial charge < -0.3 is 9.64 Å². The molecular weight excluding hydrogens is 377 g/mol. The second-order valence-corrected chi connectivity index (χ2v) is 6.40. The summed E-state index contributed by atoms with van der Waals surface area (Å²) in [6.07, 6.45) is 0.326. The summed E-state index contributed by atoms with van der Waals surface area (Å²) < 4.78 is 18.8. The van der Waals surface area contributed by atoms with Crippen molar-refractivity contribution in [2.45, 2.75) is 6.42 Å². The second kappa shape index (κ2) is 7.13. The first kappa shape index (κ1) is 16.6. The third kappa shape index (κ3) is 3.48. The zero-order valence-corrected chi connectivity index (χ0v) is 14.3. The summed E-state index contributed by atoms with van der Waals surface area (Å²) in [5.74, 6) is -1.19. The van der Waals surface area contributed by atoms with Crippen molar-refractivity contribution in [1.29, 1.82) is 0 Å². The molecule has 0 N–H and O–H groups in total. The van der Waals surface area contributed by atoms with Gasteiger partial charge in [0.25, 0.3) is 0 Å². The molecule has 1 aliphatic heterocycles. The molecule has 1 atom stereocenters. The number of hydrogen-bond acceptors (Lipinski definition) is 3. The van der Waals surface area contributed by atoms with Crippen molar-refractivity contribution in [1.82, 2.24) is 0 Å². The highest BCUT2D eigenvalue weighted by Gasteiger charge is 2.31. The van der Waals surface area contributed by atoms with Crippen LogP contribution in [0.4, 0.5) is 10.1 Å². The molecule has 0 spiro atoms. The van der Waals surface area contributed by atoms with E-state index in [1.807, 2.05) is 30.3 Å². The number of amides is 1. The summed E-state index contributed by atoms with van der Waals surface area (Å²) >= 11 is 3.05. The van der Waals surface area contributed by atoms with Gasteiger partial charge in [-0.1, -0.05) is 24.3 Å². The van der Waals surface area contributed by atoms with E-state index in [2.05, 4.69) is 15.9 Å². The van der Waals surface area contributed by atoms with Crippen molar-refractivity contribution in [3.05, 3.63) is 64.4 Å². The van der Waals surface area contributed by atoms with Crippen LogP contribution in [0.2, 0.25) is 0 Å². The average Bonchev–Trinajstić information content (AvgIpc) is 2.97. The molecule has 2 aromatic carbocycles. The summed E-state index contributed by atoms with van der Waals surface area (Å²) in [6, 6.07) is 13.6. The van der Waals surface area contributed by atoms with Crippen LogP contribution in [-0.2, 0) is 9.53 Å². The lowest BCUT2D eigenvalue weighted by molar-refractivity contribution is -0.117. The third-order valence-corrected chi connectivity index (χ3v) is 4.70. The molecular formula is C18H15BrFNO3. The van der Waals surface area contributed by atoms with E-state index in [9.17, 15) is 14.0 Å². The van der Waals surface area contributed by atoms with Gasteiger partial charge in [-0.3, -0.25) is 4.79 Å². The fourth-order valence-electron chi connectivity index (χ4n) is 2.68. The van der Waals surface area contributed by atoms with Crippen molar-refractivity contribution in [2.24, 2.45) is 5.92 Å². The zero-order valence-electron chi connectivity index (χ0n) is 12.7. The molecule has 6 heteroatoms. The minimum absolute atomic E-state index is 0.00850. The number of ether oxygens (including phenoxy) is 1. The lowest BCUT2D eigenvalue weighted by atomic mass is 10.1. The van der Waals surface area contributed by atoms with Gasteiger partial charge >= 0.3 is 5.97 Å². The minimum Gasteiger partial charge on any atom is -0.462 e. The molecule has 124 valence electrons. The molecule has 1 heterocycles. The van der Waals surface area contributed by atoms with Crippen LogP contribution in [0.3, 0.4) is 0 Å². The normalized spacial score (nSPS) is 17.2. The largest absolute Gasteiger partial charge is 0.462 e. The van der Waals surface area contributed by atoms with E-state index in [-0.39, 0.29) is 28.5 Å². The van der Waals surface area contributed by atoms with Gasteiger partial charge in [-0.25, -0.2) is 9.18 Å². The molecule has 0 aromatic heterocycles. The average molecular weight is 392 g/mol. The highest BCUT2D eigenvalue weighted by molar-refractivity contribution is 9.10. The molecule has 0 aliphatic carbocycles. The van der Waals surface area contributed by atoms with Crippen molar-refractivity contribution in [3.8, 4) is 0 Å². The Balaban J connectivity index is 1.61. The molecule has 4 nitrogen and oxygen atoms in total. The predicted octanol–water partition coefficient (Wildman–Crippen LogP) is 3.80. The van der Waals surface area contributed by atoms with Crippen LogP contribution in [0.25, 0.3) is 0 Å². The molecule has 24 heavy (non-hydrogen) atoms. The highest BCUT2D eigenvalue weighted by Crippen LogP contribution is 2.26. The Morgan fingerprint density at radius 1 is 1.21 bits per heavy atom. The number of esters is 1.